The van der Waals surface area contributed by atoms with Gasteiger partial charge in [-0.3, -0.25) is 4.79 Å². The van der Waals surface area contributed by atoms with Gasteiger partial charge in [-0.15, -0.1) is 0 Å². The summed E-state index contributed by atoms with van der Waals surface area (Å²) in [5.74, 6) is 2.32. The molecule has 0 radical (unpaired) electrons. The lowest BCUT2D eigenvalue weighted by molar-refractivity contribution is 0.112. The monoisotopic (exact) mass is 312 g/mol. The third-order valence-corrected chi connectivity index (χ3v) is 3.59. The molecular weight excluding hydrogens is 288 g/mol. The van der Waals surface area contributed by atoms with Gasteiger partial charge in [-0.05, 0) is 55.0 Å². The molecule has 0 atom stereocenters. The van der Waals surface area contributed by atoms with Crippen molar-refractivity contribution >= 4 is 6.29 Å². The van der Waals surface area contributed by atoms with Crippen molar-refractivity contribution in [3.05, 3.63) is 54.1 Å². The molecule has 0 amide bonds. The van der Waals surface area contributed by atoms with Crippen LogP contribution in [-0.4, -0.2) is 12.9 Å². The first-order chi connectivity index (χ1) is 11.3. The normalized spacial score (nSPS) is 10.3. The average Bonchev–Trinajstić information content (AvgIpc) is 2.60. The van der Waals surface area contributed by atoms with E-state index in [1.165, 1.54) is 25.7 Å². The van der Waals surface area contributed by atoms with Crippen molar-refractivity contribution in [1.29, 1.82) is 0 Å². The minimum atomic E-state index is 0.639. The van der Waals surface area contributed by atoms with E-state index in [4.69, 9.17) is 9.47 Å². The van der Waals surface area contributed by atoms with E-state index in [1.807, 2.05) is 24.3 Å². The standard InChI is InChI=1S/C20H24O3/c1-2-3-4-5-6-15-22-18-11-13-20(14-12-18)23-19-9-7-17(16-21)8-10-19/h7-14,16H,2-6,15H2,1H3. The maximum Gasteiger partial charge on any atom is 0.150 e. The van der Waals surface area contributed by atoms with Gasteiger partial charge in [-0.25, -0.2) is 0 Å². The third kappa shape index (κ3) is 6.15. The van der Waals surface area contributed by atoms with Crippen LogP contribution in [0.4, 0.5) is 0 Å². The molecule has 3 heteroatoms. The van der Waals surface area contributed by atoms with Crippen molar-refractivity contribution in [2.45, 2.75) is 39.0 Å². The molecule has 122 valence electrons. The number of ether oxygens (including phenoxy) is 2. The number of benzene rings is 2. The molecule has 0 aromatic heterocycles. The van der Waals surface area contributed by atoms with Crippen LogP contribution in [0.5, 0.6) is 17.2 Å². The summed E-state index contributed by atoms with van der Waals surface area (Å²) in [5, 5.41) is 0. The van der Waals surface area contributed by atoms with Gasteiger partial charge < -0.3 is 9.47 Å². The molecule has 0 spiro atoms. The maximum atomic E-state index is 10.6. The van der Waals surface area contributed by atoms with Crippen LogP contribution in [0.1, 0.15) is 49.4 Å². The molecule has 0 fully saturated rings. The van der Waals surface area contributed by atoms with E-state index < -0.39 is 0 Å². The summed E-state index contributed by atoms with van der Waals surface area (Å²) in [6, 6.07) is 14.6. The van der Waals surface area contributed by atoms with Gasteiger partial charge in [-0.2, -0.15) is 0 Å². The summed E-state index contributed by atoms with van der Waals surface area (Å²) in [7, 11) is 0. The lowest BCUT2D eigenvalue weighted by Gasteiger charge is -2.08. The lowest BCUT2D eigenvalue weighted by atomic mass is 10.2. The Morgan fingerprint density at radius 3 is 1.96 bits per heavy atom. The first-order valence-electron chi connectivity index (χ1n) is 8.28. The van der Waals surface area contributed by atoms with Gasteiger partial charge >= 0.3 is 0 Å². The highest BCUT2D eigenvalue weighted by molar-refractivity contribution is 5.74. The Bertz CT molecular complexity index is 573. The second kappa shape index (κ2) is 9.67. The summed E-state index contributed by atoms with van der Waals surface area (Å²) in [6.45, 7) is 2.98. The zero-order valence-corrected chi connectivity index (χ0v) is 13.7. The number of hydrogen-bond acceptors (Lipinski definition) is 3. The van der Waals surface area contributed by atoms with Crippen LogP contribution < -0.4 is 9.47 Å². The minimum Gasteiger partial charge on any atom is -0.494 e. The molecule has 0 aliphatic rings. The van der Waals surface area contributed by atoms with Crippen molar-refractivity contribution in [1.82, 2.24) is 0 Å². The molecule has 2 aromatic carbocycles. The average molecular weight is 312 g/mol. The van der Waals surface area contributed by atoms with Crippen molar-refractivity contribution in [2.24, 2.45) is 0 Å². The summed E-state index contributed by atoms with van der Waals surface area (Å²) in [4.78, 5) is 10.6. The summed E-state index contributed by atoms with van der Waals surface area (Å²) in [6.07, 6.45) is 7.00. The van der Waals surface area contributed by atoms with E-state index in [1.54, 1.807) is 24.3 Å². The zero-order chi connectivity index (χ0) is 16.3. The van der Waals surface area contributed by atoms with Gasteiger partial charge in [0.15, 0.2) is 0 Å². The number of carbonyl (C=O) groups is 1. The van der Waals surface area contributed by atoms with Crippen LogP contribution in [0, 0.1) is 0 Å². The Morgan fingerprint density at radius 1 is 0.783 bits per heavy atom. The number of unbranched alkanes of at least 4 members (excludes halogenated alkanes) is 4. The van der Waals surface area contributed by atoms with E-state index in [2.05, 4.69) is 6.92 Å². The second-order valence-electron chi connectivity index (χ2n) is 5.52. The Labute approximate surface area is 138 Å². The van der Waals surface area contributed by atoms with E-state index >= 15 is 0 Å². The van der Waals surface area contributed by atoms with Crippen LogP contribution in [0.25, 0.3) is 0 Å². The van der Waals surface area contributed by atoms with Gasteiger partial charge in [0.2, 0.25) is 0 Å². The van der Waals surface area contributed by atoms with Crippen LogP contribution in [0.3, 0.4) is 0 Å². The van der Waals surface area contributed by atoms with Gasteiger partial charge in [0.05, 0.1) is 6.61 Å². The highest BCUT2D eigenvalue weighted by Crippen LogP contribution is 2.24. The Morgan fingerprint density at radius 2 is 1.35 bits per heavy atom. The Kier molecular flexibility index (Phi) is 7.18. The van der Waals surface area contributed by atoms with Gasteiger partial charge in [0.25, 0.3) is 0 Å². The minimum absolute atomic E-state index is 0.639. The Hall–Kier alpha value is -2.29. The summed E-state index contributed by atoms with van der Waals surface area (Å²) >= 11 is 0. The quantitative estimate of drug-likeness (QED) is 0.420. The summed E-state index contributed by atoms with van der Waals surface area (Å²) in [5.41, 5.74) is 0.639. The molecule has 0 aliphatic carbocycles. The molecule has 0 saturated heterocycles. The smallest absolute Gasteiger partial charge is 0.150 e. The maximum absolute atomic E-state index is 10.6. The summed E-state index contributed by atoms with van der Waals surface area (Å²) < 4.78 is 11.5. The topological polar surface area (TPSA) is 35.5 Å². The zero-order valence-electron chi connectivity index (χ0n) is 13.7. The lowest BCUT2D eigenvalue weighted by Crippen LogP contribution is -1.97. The molecule has 0 N–H and O–H groups in total. The second-order valence-corrected chi connectivity index (χ2v) is 5.52. The molecule has 3 nitrogen and oxygen atoms in total. The SMILES string of the molecule is CCCCCCCOc1ccc(Oc2ccc(C=O)cc2)cc1. The molecule has 0 heterocycles. The molecule has 0 aliphatic heterocycles. The highest BCUT2D eigenvalue weighted by atomic mass is 16.5. The molecular formula is C20H24O3. The fraction of sp³-hybridized carbons (Fsp3) is 0.350. The number of rotatable bonds is 10. The first-order valence-corrected chi connectivity index (χ1v) is 8.28. The molecule has 0 bridgehead atoms. The van der Waals surface area contributed by atoms with Crippen molar-refractivity contribution in [3.63, 3.8) is 0 Å². The van der Waals surface area contributed by atoms with Crippen LogP contribution >= 0.6 is 0 Å². The van der Waals surface area contributed by atoms with Crippen molar-refractivity contribution in [3.8, 4) is 17.2 Å². The molecule has 0 unspecified atom stereocenters. The molecule has 23 heavy (non-hydrogen) atoms. The molecule has 2 aromatic rings. The van der Waals surface area contributed by atoms with E-state index in [0.717, 1.165) is 30.8 Å². The fourth-order valence-corrected chi connectivity index (χ4v) is 2.25. The largest absolute Gasteiger partial charge is 0.494 e. The van der Waals surface area contributed by atoms with Crippen LogP contribution in [-0.2, 0) is 0 Å². The van der Waals surface area contributed by atoms with Gasteiger partial charge in [0, 0.05) is 5.56 Å². The fourth-order valence-electron chi connectivity index (χ4n) is 2.25. The van der Waals surface area contributed by atoms with E-state index in [0.29, 0.717) is 11.3 Å². The van der Waals surface area contributed by atoms with Crippen molar-refractivity contribution in [2.75, 3.05) is 6.61 Å². The number of carbonyl (C=O) groups excluding carboxylic acids is 1. The van der Waals surface area contributed by atoms with Gasteiger partial charge in [0.1, 0.15) is 23.5 Å². The van der Waals surface area contributed by atoms with Gasteiger partial charge in [-0.1, -0.05) is 32.6 Å². The number of aldehydes is 1. The van der Waals surface area contributed by atoms with E-state index in [9.17, 15) is 4.79 Å². The van der Waals surface area contributed by atoms with Crippen LogP contribution in [0.2, 0.25) is 0 Å². The number of hydrogen-bond donors (Lipinski definition) is 0. The predicted molar refractivity (Wildman–Crippen MR) is 92.6 cm³/mol. The molecule has 2 rings (SSSR count). The van der Waals surface area contributed by atoms with Crippen molar-refractivity contribution < 1.29 is 14.3 Å². The Balaban J connectivity index is 1.76. The third-order valence-electron chi connectivity index (χ3n) is 3.59. The van der Waals surface area contributed by atoms with E-state index in [-0.39, 0.29) is 0 Å². The highest BCUT2D eigenvalue weighted by Gasteiger charge is 1.99. The first kappa shape index (κ1) is 17.1. The van der Waals surface area contributed by atoms with Crippen LogP contribution in [0.15, 0.2) is 48.5 Å². The molecule has 0 saturated carbocycles. The predicted octanol–water partition coefficient (Wildman–Crippen LogP) is 5.64.